The second kappa shape index (κ2) is 5.54. The minimum Gasteiger partial charge on any atom is -0.320 e. The van der Waals surface area contributed by atoms with E-state index >= 15 is 0 Å². The van der Waals surface area contributed by atoms with Gasteiger partial charge in [-0.3, -0.25) is 25.0 Å². The molecule has 0 radical (unpaired) electrons. The molecule has 3 rings (SSSR count). The summed E-state index contributed by atoms with van der Waals surface area (Å²) in [6.45, 7) is 1.59. The van der Waals surface area contributed by atoms with Gasteiger partial charge in [0.15, 0.2) is 0 Å². The molecule has 0 bridgehead atoms. The van der Waals surface area contributed by atoms with E-state index < -0.39 is 15.8 Å². The zero-order valence-corrected chi connectivity index (χ0v) is 12.3. The number of non-ortho nitro benzene ring substituents is 1. The molecule has 9 nitrogen and oxygen atoms in total. The normalized spacial score (nSPS) is 14.4. The lowest BCUT2D eigenvalue weighted by Crippen LogP contribution is -2.13. The molecule has 0 spiro atoms. The number of aliphatic imine (C=N–C) groups is 1. The summed E-state index contributed by atoms with van der Waals surface area (Å²) in [6, 6.07) is 8.26. The molecular weight excluding hydrogens is 316 g/mol. The largest absolute Gasteiger partial charge is 0.320 e. The van der Waals surface area contributed by atoms with Gasteiger partial charge in [-0.2, -0.15) is 0 Å². The SMILES string of the molecule is Cc1ccc(N=C2C(=O)Nc3ccc([N+](=O)[O-])cc32)cc1[N+](=O)[O-]. The van der Waals surface area contributed by atoms with Crippen LogP contribution in [0.2, 0.25) is 0 Å². The van der Waals surface area contributed by atoms with E-state index in [4.69, 9.17) is 0 Å². The quantitative estimate of drug-likeness (QED) is 0.685. The van der Waals surface area contributed by atoms with Crippen molar-refractivity contribution in [3.63, 3.8) is 0 Å². The minimum atomic E-state index is -0.572. The van der Waals surface area contributed by atoms with Gasteiger partial charge < -0.3 is 5.32 Å². The third-order valence-corrected chi connectivity index (χ3v) is 3.56. The van der Waals surface area contributed by atoms with Gasteiger partial charge in [-0.1, -0.05) is 6.07 Å². The molecule has 2 aromatic carbocycles. The second-order valence-electron chi connectivity index (χ2n) is 5.13. The molecule has 0 atom stereocenters. The summed E-state index contributed by atoms with van der Waals surface area (Å²) in [5.74, 6) is -0.520. The number of nitro benzene ring substituents is 2. The molecule has 1 aliphatic rings. The van der Waals surface area contributed by atoms with Crippen LogP contribution in [0.4, 0.5) is 22.7 Å². The predicted molar refractivity (Wildman–Crippen MR) is 85.8 cm³/mol. The van der Waals surface area contributed by atoms with Crippen LogP contribution in [0.1, 0.15) is 11.1 Å². The van der Waals surface area contributed by atoms with Crippen molar-refractivity contribution in [2.24, 2.45) is 4.99 Å². The number of rotatable bonds is 3. The van der Waals surface area contributed by atoms with Crippen LogP contribution >= 0.6 is 0 Å². The average molecular weight is 326 g/mol. The number of benzene rings is 2. The number of carbonyl (C=O) groups excluding carboxylic acids is 1. The van der Waals surface area contributed by atoms with E-state index in [0.717, 1.165) is 0 Å². The fourth-order valence-corrected chi connectivity index (χ4v) is 2.36. The summed E-state index contributed by atoms with van der Waals surface area (Å²) in [5, 5.41) is 24.4. The number of hydrogen-bond acceptors (Lipinski definition) is 6. The van der Waals surface area contributed by atoms with Gasteiger partial charge in [0.25, 0.3) is 17.3 Å². The second-order valence-corrected chi connectivity index (χ2v) is 5.13. The highest BCUT2D eigenvalue weighted by Gasteiger charge is 2.28. The zero-order chi connectivity index (χ0) is 17.4. The lowest BCUT2D eigenvalue weighted by Gasteiger charge is -2.01. The summed E-state index contributed by atoms with van der Waals surface area (Å²) in [7, 11) is 0. The molecule has 0 saturated heterocycles. The molecule has 0 aromatic heterocycles. The molecule has 9 heteroatoms. The molecule has 120 valence electrons. The number of fused-ring (bicyclic) bond motifs is 1. The lowest BCUT2D eigenvalue weighted by molar-refractivity contribution is -0.385. The number of nitrogens with zero attached hydrogens (tertiary/aromatic N) is 3. The summed E-state index contributed by atoms with van der Waals surface area (Å²) in [5.41, 5.74) is 1.07. The number of nitro groups is 2. The van der Waals surface area contributed by atoms with Crippen molar-refractivity contribution in [1.82, 2.24) is 0 Å². The Balaban J connectivity index is 2.11. The first-order valence-electron chi connectivity index (χ1n) is 6.80. The highest BCUT2D eigenvalue weighted by Crippen LogP contribution is 2.30. The standard InChI is InChI=1S/C15H10N4O5/c1-8-2-3-9(6-13(8)19(23)24)16-14-11-7-10(18(21)22)4-5-12(11)17-15(14)20/h2-7H,1H3,(H,16,17,20). The van der Waals surface area contributed by atoms with Crippen molar-refractivity contribution < 1.29 is 14.6 Å². The van der Waals surface area contributed by atoms with Gasteiger partial charge in [-0.15, -0.1) is 0 Å². The van der Waals surface area contributed by atoms with E-state index in [1.54, 1.807) is 6.92 Å². The number of hydrogen-bond donors (Lipinski definition) is 1. The van der Waals surface area contributed by atoms with E-state index in [1.165, 1.54) is 36.4 Å². The van der Waals surface area contributed by atoms with Crippen LogP contribution in [0, 0.1) is 27.2 Å². The lowest BCUT2D eigenvalue weighted by atomic mass is 10.1. The fourth-order valence-electron chi connectivity index (χ4n) is 2.36. The molecular formula is C15H10N4O5. The minimum absolute atomic E-state index is 0.0214. The maximum absolute atomic E-state index is 12.1. The zero-order valence-electron chi connectivity index (χ0n) is 12.3. The number of aryl methyl sites for hydroxylation is 1. The number of anilines is 1. The highest BCUT2D eigenvalue weighted by atomic mass is 16.6. The van der Waals surface area contributed by atoms with Crippen LogP contribution in [-0.2, 0) is 4.79 Å². The van der Waals surface area contributed by atoms with Gasteiger partial charge in [0.1, 0.15) is 5.71 Å². The van der Waals surface area contributed by atoms with Gasteiger partial charge in [0.2, 0.25) is 0 Å². The van der Waals surface area contributed by atoms with Crippen LogP contribution in [0.15, 0.2) is 41.4 Å². The average Bonchev–Trinajstić information content (AvgIpc) is 2.84. The Morgan fingerprint density at radius 1 is 1.04 bits per heavy atom. The van der Waals surface area contributed by atoms with Gasteiger partial charge in [-0.25, -0.2) is 4.99 Å². The number of nitrogens with one attached hydrogen (secondary N) is 1. The van der Waals surface area contributed by atoms with Gasteiger partial charge in [0, 0.05) is 29.3 Å². The van der Waals surface area contributed by atoms with Crippen LogP contribution in [0.25, 0.3) is 0 Å². The first-order chi connectivity index (χ1) is 11.4. The van der Waals surface area contributed by atoms with Crippen LogP contribution < -0.4 is 5.32 Å². The van der Waals surface area contributed by atoms with Gasteiger partial charge >= 0.3 is 0 Å². The Hall–Kier alpha value is -3.62. The van der Waals surface area contributed by atoms with Crippen molar-refractivity contribution in [2.75, 3.05) is 5.32 Å². The molecule has 1 aliphatic heterocycles. The molecule has 0 fully saturated rings. The maximum Gasteiger partial charge on any atom is 0.275 e. The van der Waals surface area contributed by atoms with E-state index in [1.807, 2.05) is 0 Å². The van der Waals surface area contributed by atoms with Crippen molar-refractivity contribution in [1.29, 1.82) is 0 Å². The number of carbonyl (C=O) groups is 1. The van der Waals surface area contributed by atoms with E-state index in [0.29, 0.717) is 11.3 Å². The summed E-state index contributed by atoms with van der Waals surface area (Å²) >= 11 is 0. The summed E-state index contributed by atoms with van der Waals surface area (Å²) in [4.78, 5) is 37.0. The molecule has 1 N–H and O–H groups in total. The molecule has 0 unspecified atom stereocenters. The third kappa shape index (κ3) is 2.58. The van der Waals surface area contributed by atoms with Crippen LogP contribution in [-0.4, -0.2) is 21.5 Å². The van der Waals surface area contributed by atoms with Crippen molar-refractivity contribution in [3.8, 4) is 0 Å². The topological polar surface area (TPSA) is 128 Å². The van der Waals surface area contributed by atoms with Crippen LogP contribution in [0.3, 0.4) is 0 Å². The molecule has 1 heterocycles. The Morgan fingerprint density at radius 2 is 1.79 bits per heavy atom. The molecule has 0 saturated carbocycles. The maximum atomic E-state index is 12.1. The van der Waals surface area contributed by atoms with E-state index in [-0.39, 0.29) is 28.3 Å². The van der Waals surface area contributed by atoms with E-state index in [2.05, 4.69) is 10.3 Å². The first kappa shape index (κ1) is 15.3. The van der Waals surface area contributed by atoms with Crippen molar-refractivity contribution >= 4 is 34.4 Å². The van der Waals surface area contributed by atoms with Gasteiger partial charge in [-0.05, 0) is 19.1 Å². The van der Waals surface area contributed by atoms with Crippen LogP contribution in [0.5, 0.6) is 0 Å². The summed E-state index contributed by atoms with van der Waals surface area (Å²) in [6.07, 6.45) is 0. The van der Waals surface area contributed by atoms with Crippen molar-refractivity contribution in [2.45, 2.75) is 6.92 Å². The number of amides is 1. The fraction of sp³-hybridized carbons (Fsp3) is 0.0667. The summed E-state index contributed by atoms with van der Waals surface area (Å²) < 4.78 is 0. The molecule has 24 heavy (non-hydrogen) atoms. The monoisotopic (exact) mass is 326 g/mol. The molecule has 2 aromatic rings. The third-order valence-electron chi connectivity index (χ3n) is 3.56. The van der Waals surface area contributed by atoms with E-state index in [9.17, 15) is 25.0 Å². The molecule has 0 aliphatic carbocycles. The Kier molecular flexibility index (Phi) is 3.53. The Bertz CT molecular complexity index is 935. The highest BCUT2D eigenvalue weighted by molar-refractivity contribution is 6.54. The van der Waals surface area contributed by atoms with Crippen molar-refractivity contribution in [3.05, 3.63) is 67.8 Å². The predicted octanol–water partition coefficient (Wildman–Crippen LogP) is 2.88. The first-order valence-corrected chi connectivity index (χ1v) is 6.80. The van der Waals surface area contributed by atoms with Gasteiger partial charge in [0.05, 0.1) is 21.2 Å². The Morgan fingerprint density at radius 3 is 2.46 bits per heavy atom. The smallest absolute Gasteiger partial charge is 0.275 e. The molecule has 1 amide bonds. The Labute approximate surface area is 134 Å².